The molecule has 0 aromatic carbocycles. The Kier molecular flexibility index (Phi) is 4.01. The van der Waals surface area contributed by atoms with Crippen LogP contribution in [-0.4, -0.2) is 30.3 Å². The highest BCUT2D eigenvalue weighted by Crippen LogP contribution is 2.12. The van der Waals surface area contributed by atoms with Gasteiger partial charge >= 0.3 is 0 Å². The summed E-state index contributed by atoms with van der Waals surface area (Å²) in [7, 11) is 0. The largest absolute Gasteiger partial charge is 0.302 e. The second-order valence-corrected chi connectivity index (χ2v) is 3.32. The van der Waals surface area contributed by atoms with Gasteiger partial charge in [-0.05, 0) is 32.4 Å². The molecule has 1 unspecified atom stereocenters. The van der Waals surface area contributed by atoms with Gasteiger partial charge in [-0.25, -0.2) is 0 Å². The Bertz CT molecular complexity index is 150. The number of aldehydes is 1. The predicted octanol–water partition coefficient (Wildman–Crippen LogP) is 1.62. The van der Waals surface area contributed by atoms with Crippen molar-refractivity contribution in [2.24, 2.45) is 0 Å². The van der Waals surface area contributed by atoms with Crippen LogP contribution in [0.4, 0.5) is 0 Å². The highest BCUT2D eigenvalue weighted by Gasteiger charge is 2.18. The molecule has 1 fully saturated rings. The smallest absolute Gasteiger partial charge is 0.137 e. The van der Waals surface area contributed by atoms with Gasteiger partial charge in [0.1, 0.15) is 6.29 Å². The SMILES string of the molecule is C=CCC(C=O)N1CCCCC1. The second-order valence-electron chi connectivity index (χ2n) is 3.32. The lowest BCUT2D eigenvalue weighted by Gasteiger charge is -2.30. The van der Waals surface area contributed by atoms with Crippen LogP contribution >= 0.6 is 0 Å². The summed E-state index contributed by atoms with van der Waals surface area (Å²) >= 11 is 0. The van der Waals surface area contributed by atoms with Crippen LogP contribution in [0.15, 0.2) is 12.7 Å². The molecule has 1 saturated heterocycles. The zero-order chi connectivity index (χ0) is 8.81. The predicted molar refractivity (Wildman–Crippen MR) is 50.1 cm³/mol. The summed E-state index contributed by atoms with van der Waals surface area (Å²) in [5.41, 5.74) is 0. The molecule has 0 radical (unpaired) electrons. The molecular weight excluding hydrogens is 150 g/mol. The van der Waals surface area contributed by atoms with E-state index in [1.54, 1.807) is 0 Å². The van der Waals surface area contributed by atoms with Crippen LogP contribution in [0.1, 0.15) is 25.7 Å². The van der Waals surface area contributed by atoms with Crippen molar-refractivity contribution in [3.63, 3.8) is 0 Å². The maximum absolute atomic E-state index is 10.7. The first-order valence-corrected chi connectivity index (χ1v) is 4.68. The lowest BCUT2D eigenvalue weighted by molar-refractivity contribution is -0.112. The average molecular weight is 167 g/mol. The molecule has 0 aliphatic carbocycles. The standard InChI is InChI=1S/C10H17NO/c1-2-6-10(9-12)11-7-4-3-5-8-11/h2,9-10H,1,3-8H2. The fourth-order valence-corrected chi connectivity index (χ4v) is 1.71. The van der Waals surface area contributed by atoms with Gasteiger partial charge in [-0.1, -0.05) is 12.5 Å². The van der Waals surface area contributed by atoms with Crippen LogP contribution < -0.4 is 0 Å². The minimum Gasteiger partial charge on any atom is -0.302 e. The van der Waals surface area contributed by atoms with Crippen LogP contribution in [-0.2, 0) is 4.79 Å². The molecule has 1 aliphatic heterocycles. The minimum atomic E-state index is 0.0859. The Balaban J connectivity index is 2.39. The van der Waals surface area contributed by atoms with E-state index < -0.39 is 0 Å². The molecule has 12 heavy (non-hydrogen) atoms. The molecule has 0 aromatic heterocycles. The van der Waals surface area contributed by atoms with Gasteiger partial charge in [0, 0.05) is 0 Å². The molecule has 1 atom stereocenters. The summed E-state index contributed by atoms with van der Waals surface area (Å²) in [6.07, 6.45) is 7.46. The van der Waals surface area contributed by atoms with E-state index in [1.165, 1.54) is 19.3 Å². The van der Waals surface area contributed by atoms with Crippen molar-refractivity contribution in [3.8, 4) is 0 Å². The van der Waals surface area contributed by atoms with Gasteiger partial charge in [-0.15, -0.1) is 6.58 Å². The highest BCUT2D eigenvalue weighted by molar-refractivity contribution is 5.57. The summed E-state index contributed by atoms with van der Waals surface area (Å²) in [5.74, 6) is 0. The van der Waals surface area contributed by atoms with Crippen molar-refractivity contribution in [1.29, 1.82) is 0 Å². The van der Waals surface area contributed by atoms with Gasteiger partial charge in [-0.3, -0.25) is 4.90 Å². The molecule has 0 spiro atoms. The molecule has 0 saturated carbocycles. The third-order valence-corrected chi connectivity index (χ3v) is 2.42. The molecule has 0 N–H and O–H groups in total. The number of rotatable bonds is 4. The lowest BCUT2D eigenvalue weighted by Crippen LogP contribution is -2.39. The molecule has 2 heteroatoms. The number of carbonyl (C=O) groups excluding carboxylic acids is 1. The lowest BCUT2D eigenvalue weighted by atomic mass is 10.1. The second kappa shape index (κ2) is 5.09. The average Bonchev–Trinajstić information content (AvgIpc) is 2.15. The molecule has 68 valence electrons. The molecule has 0 aromatic rings. The zero-order valence-corrected chi connectivity index (χ0v) is 7.54. The molecule has 1 aliphatic rings. The number of nitrogens with zero attached hydrogens (tertiary/aromatic N) is 1. The van der Waals surface area contributed by atoms with Crippen LogP contribution in [0.3, 0.4) is 0 Å². The van der Waals surface area contributed by atoms with E-state index in [-0.39, 0.29) is 6.04 Å². The van der Waals surface area contributed by atoms with Crippen molar-refractivity contribution < 1.29 is 4.79 Å². The third kappa shape index (κ3) is 2.45. The summed E-state index contributed by atoms with van der Waals surface area (Å²) < 4.78 is 0. The summed E-state index contributed by atoms with van der Waals surface area (Å²) in [6, 6.07) is 0.0859. The van der Waals surface area contributed by atoms with Crippen molar-refractivity contribution in [2.45, 2.75) is 31.7 Å². The number of piperidine rings is 1. The Morgan fingerprint density at radius 1 is 1.33 bits per heavy atom. The van der Waals surface area contributed by atoms with E-state index >= 15 is 0 Å². The van der Waals surface area contributed by atoms with Gasteiger partial charge in [0.25, 0.3) is 0 Å². The van der Waals surface area contributed by atoms with Gasteiger partial charge in [0.2, 0.25) is 0 Å². The van der Waals surface area contributed by atoms with Crippen molar-refractivity contribution in [3.05, 3.63) is 12.7 Å². The number of hydrogen-bond acceptors (Lipinski definition) is 2. The highest BCUT2D eigenvalue weighted by atomic mass is 16.1. The first-order chi connectivity index (χ1) is 5.88. The fraction of sp³-hybridized carbons (Fsp3) is 0.700. The topological polar surface area (TPSA) is 20.3 Å². The molecule has 0 bridgehead atoms. The fourth-order valence-electron chi connectivity index (χ4n) is 1.71. The monoisotopic (exact) mass is 167 g/mol. The summed E-state index contributed by atoms with van der Waals surface area (Å²) in [4.78, 5) is 13.0. The Labute approximate surface area is 74.2 Å². The van der Waals surface area contributed by atoms with Gasteiger partial charge in [-0.2, -0.15) is 0 Å². The molecule has 1 heterocycles. The molecule has 2 nitrogen and oxygen atoms in total. The Morgan fingerprint density at radius 2 is 2.00 bits per heavy atom. The first kappa shape index (κ1) is 9.46. The number of likely N-dealkylation sites (tertiary alicyclic amines) is 1. The van der Waals surface area contributed by atoms with E-state index in [0.29, 0.717) is 0 Å². The summed E-state index contributed by atoms with van der Waals surface area (Å²) in [5, 5.41) is 0. The van der Waals surface area contributed by atoms with E-state index in [9.17, 15) is 4.79 Å². The Morgan fingerprint density at radius 3 is 2.50 bits per heavy atom. The first-order valence-electron chi connectivity index (χ1n) is 4.68. The number of carbonyl (C=O) groups is 1. The summed E-state index contributed by atoms with van der Waals surface area (Å²) in [6.45, 7) is 5.82. The van der Waals surface area contributed by atoms with Crippen molar-refractivity contribution >= 4 is 6.29 Å². The van der Waals surface area contributed by atoms with Gasteiger partial charge < -0.3 is 4.79 Å². The van der Waals surface area contributed by atoms with Crippen molar-refractivity contribution in [1.82, 2.24) is 4.90 Å². The Hall–Kier alpha value is -0.630. The van der Waals surface area contributed by atoms with Gasteiger partial charge in [0.15, 0.2) is 0 Å². The zero-order valence-electron chi connectivity index (χ0n) is 7.54. The van der Waals surface area contributed by atoms with Crippen LogP contribution in [0.2, 0.25) is 0 Å². The van der Waals surface area contributed by atoms with Crippen LogP contribution in [0.25, 0.3) is 0 Å². The molecule has 0 amide bonds. The van der Waals surface area contributed by atoms with Crippen LogP contribution in [0.5, 0.6) is 0 Å². The molecule has 1 rings (SSSR count). The van der Waals surface area contributed by atoms with Crippen LogP contribution in [0, 0.1) is 0 Å². The van der Waals surface area contributed by atoms with Gasteiger partial charge in [0.05, 0.1) is 6.04 Å². The quantitative estimate of drug-likeness (QED) is 0.468. The minimum absolute atomic E-state index is 0.0859. The molecular formula is C10H17NO. The number of hydrogen-bond donors (Lipinski definition) is 0. The van der Waals surface area contributed by atoms with E-state index in [0.717, 1.165) is 25.8 Å². The maximum atomic E-state index is 10.7. The normalized spacial score (nSPS) is 21.7. The van der Waals surface area contributed by atoms with E-state index in [1.807, 2.05) is 6.08 Å². The van der Waals surface area contributed by atoms with E-state index in [4.69, 9.17) is 0 Å². The maximum Gasteiger partial charge on any atom is 0.137 e. The van der Waals surface area contributed by atoms with E-state index in [2.05, 4.69) is 11.5 Å². The van der Waals surface area contributed by atoms with Crippen molar-refractivity contribution in [2.75, 3.05) is 13.1 Å². The third-order valence-electron chi connectivity index (χ3n) is 2.42.